The highest BCUT2D eigenvalue weighted by molar-refractivity contribution is 5.84. The highest BCUT2D eigenvalue weighted by Gasteiger charge is 2.25. The average Bonchev–Trinajstić information content (AvgIpc) is 2.46. The van der Waals surface area contributed by atoms with E-state index >= 15 is 0 Å². The molecule has 0 aromatic heterocycles. The van der Waals surface area contributed by atoms with E-state index in [1.165, 1.54) is 13.8 Å². The summed E-state index contributed by atoms with van der Waals surface area (Å²) in [5.41, 5.74) is 0.0996. The van der Waals surface area contributed by atoms with Crippen molar-refractivity contribution in [3.63, 3.8) is 0 Å². The van der Waals surface area contributed by atoms with Gasteiger partial charge in [0.05, 0.1) is 11.6 Å². The molecule has 1 N–H and O–H groups in total. The Morgan fingerprint density at radius 3 is 2.17 bits per heavy atom. The number of ether oxygens (including phenoxy) is 2. The van der Waals surface area contributed by atoms with Gasteiger partial charge in [-0.2, -0.15) is 5.26 Å². The number of nitrogens with zero attached hydrogens (tertiary/aromatic N) is 1. The maximum atomic E-state index is 12.0. The fourth-order valence-electron chi connectivity index (χ4n) is 1.66. The van der Waals surface area contributed by atoms with E-state index in [9.17, 15) is 9.59 Å². The molecule has 0 aliphatic rings. The van der Waals surface area contributed by atoms with Crippen molar-refractivity contribution in [1.29, 1.82) is 5.26 Å². The second kappa shape index (κ2) is 7.63. The molecular formula is C17H22N2O4. The van der Waals surface area contributed by atoms with Gasteiger partial charge >= 0.3 is 5.97 Å². The first-order chi connectivity index (χ1) is 10.6. The smallest absolute Gasteiger partial charge is 0.347 e. The second-order valence-corrected chi connectivity index (χ2v) is 6.21. The van der Waals surface area contributed by atoms with Gasteiger partial charge in [-0.05, 0) is 58.9 Å². The van der Waals surface area contributed by atoms with Crippen molar-refractivity contribution in [2.24, 2.45) is 0 Å². The number of hydrogen-bond acceptors (Lipinski definition) is 5. The molecule has 6 nitrogen and oxygen atoms in total. The standard InChI is InChI=1S/C17H22N2O4/c1-11(15(20)19-17(3,4)5)23-16(21)12(2)22-14-8-6-13(10-18)7-9-14/h6-9,11-12H,1-5H3,(H,19,20)/t11-,12-/m0/s1. The monoisotopic (exact) mass is 318 g/mol. The molecule has 0 saturated carbocycles. The summed E-state index contributed by atoms with van der Waals surface area (Å²) in [7, 11) is 0. The van der Waals surface area contributed by atoms with Gasteiger partial charge in [-0.25, -0.2) is 4.79 Å². The zero-order chi connectivity index (χ0) is 17.6. The molecule has 0 unspecified atom stereocenters. The van der Waals surface area contributed by atoms with Crippen molar-refractivity contribution in [2.45, 2.75) is 52.4 Å². The van der Waals surface area contributed by atoms with Crippen LogP contribution in [0.15, 0.2) is 24.3 Å². The Hall–Kier alpha value is -2.55. The van der Waals surface area contributed by atoms with E-state index in [1.807, 2.05) is 26.8 Å². The minimum Gasteiger partial charge on any atom is -0.479 e. The van der Waals surface area contributed by atoms with E-state index in [1.54, 1.807) is 24.3 Å². The van der Waals surface area contributed by atoms with Crippen LogP contribution < -0.4 is 10.1 Å². The Morgan fingerprint density at radius 1 is 1.13 bits per heavy atom. The van der Waals surface area contributed by atoms with Crippen LogP contribution in [0.3, 0.4) is 0 Å². The van der Waals surface area contributed by atoms with Gasteiger partial charge < -0.3 is 14.8 Å². The van der Waals surface area contributed by atoms with Crippen LogP contribution in [0.2, 0.25) is 0 Å². The average molecular weight is 318 g/mol. The molecule has 0 radical (unpaired) electrons. The Bertz CT molecular complexity index is 597. The number of benzene rings is 1. The number of nitriles is 1. The van der Waals surface area contributed by atoms with Gasteiger partial charge in [0.15, 0.2) is 12.2 Å². The van der Waals surface area contributed by atoms with Crippen LogP contribution in [-0.4, -0.2) is 29.6 Å². The third-order valence-corrected chi connectivity index (χ3v) is 2.79. The minimum absolute atomic E-state index is 0.364. The van der Waals surface area contributed by atoms with Gasteiger partial charge in [-0.15, -0.1) is 0 Å². The number of esters is 1. The fraction of sp³-hybridized carbons (Fsp3) is 0.471. The lowest BCUT2D eigenvalue weighted by atomic mass is 10.1. The molecule has 0 spiro atoms. The third-order valence-electron chi connectivity index (χ3n) is 2.79. The molecule has 1 aromatic rings. The first kappa shape index (κ1) is 18.5. The van der Waals surface area contributed by atoms with E-state index in [2.05, 4.69) is 5.32 Å². The van der Waals surface area contributed by atoms with Crippen LogP contribution in [0.5, 0.6) is 5.75 Å². The summed E-state index contributed by atoms with van der Waals surface area (Å²) in [5, 5.41) is 11.5. The Morgan fingerprint density at radius 2 is 1.70 bits per heavy atom. The summed E-state index contributed by atoms with van der Waals surface area (Å²) >= 11 is 0. The quantitative estimate of drug-likeness (QED) is 0.841. The van der Waals surface area contributed by atoms with E-state index in [4.69, 9.17) is 14.7 Å². The lowest BCUT2D eigenvalue weighted by Gasteiger charge is -2.24. The van der Waals surface area contributed by atoms with Gasteiger partial charge in [-0.3, -0.25) is 4.79 Å². The van der Waals surface area contributed by atoms with Crippen molar-refractivity contribution in [2.75, 3.05) is 0 Å². The molecular weight excluding hydrogens is 296 g/mol. The third kappa shape index (κ3) is 6.39. The predicted molar refractivity (Wildman–Crippen MR) is 84.7 cm³/mol. The van der Waals surface area contributed by atoms with Gasteiger partial charge in [0.25, 0.3) is 5.91 Å². The molecule has 23 heavy (non-hydrogen) atoms. The maximum Gasteiger partial charge on any atom is 0.347 e. The van der Waals surface area contributed by atoms with Crippen molar-refractivity contribution >= 4 is 11.9 Å². The predicted octanol–water partition coefficient (Wildman–Crippen LogP) is 2.17. The zero-order valence-corrected chi connectivity index (χ0v) is 14.0. The van der Waals surface area contributed by atoms with Crippen molar-refractivity contribution in [1.82, 2.24) is 5.32 Å². The van der Waals surface area contributed by atoms with Crippen LogP contribution in [-0.2, 0) is 14.3 Å². The van der Waals surface area contributed by atoms with Crippen LogP contribution in [0, 0.1) is 11.3 Å². The van der Waals surface area contributed by atoms with Gasteiger partial charge in [0, 0.05) is 5.54 Å². The molecule has 0 fully saturated rings. The summed E-state index contributed by atoms with van der Waals surface area (Å²) in [6.45, 7) is 8.57. The second-order valence-electron chi connectivity index (χ2n) is 6.21. The molecule has 124 valence electrons. The Labute approximate surface area is 136 Å². The molecule has 6 heteroatoms. The lowest BCUT2D eigenvalue weighted by Crippen LogP contribution is -2.47. The summed E-state index contributed by atoms with van der Waals surface area (Å²) in [6.07, 6.45) is -1.78. The van der Waals surface area contributed by atoms with E-state index in [0.717, 1.165) is 0 Å². The van der Waals surface area contributed by atoms with E-state index < -0.39 is 23.7 Å². The number of carbonyl (C=O) groups is 2. The summed E-state index contributed by atoms with van der Waals surface area (Å²) in [6, 6.07) is 8.37. The van der Waals surface area contributed by atoms with Crippen LogP contribution in [0.4, 0.5) is 0 Å². The number of carbonyl (C=O) groups excluding carboxylic acids is 2. The largest absolute Gasteiger partial charge is 0.479 e. The van der Waals surface area contributed by atoms with E-state index in [0.29, 0.717) is 11.3 Å². The molecule has 0 aliphatic carbocycles. The zero-order valence-electron chi connectivity index (χ0n) is 14.0. The molecule has 2 atom stereocenters. The molecule has 0 aliphatic heterocycles. The Balaban J connectivity index is 2.56. The Kier molecular flexibility index (Phi) is 6.14. The van der Waals surface area contributed by atoms with Crippen LogP contribution >= 0.6 is 0 Å². The molecule has 0 saturated heterocycles. The number of rotatable bonds is 5. The van der Waals surface area contributed by atoms with Crippen molar-refractivity contribution in [3.05, 3.63) is 29.8 Å². The van der Waals surface area contributed by atoms with Gasteiger partial charge in [0.2, 0.25) is 0 Å². The summed E-state index contributed by atoms with van der Waals surface area (Å²) in [5.74, 6) is -0.553. The van der Waals surface area contributed by atoms with Gasteiger partial charge in [-0.1, -0.05) is 0 Å². The molecule has 0 heterocycles. The van der Waals surface area contributed by atoms with Crippen LogP contribution in [0.1, 0.15) is 40.2 Å². The van der Waals surface area contributed by atoms with Crippen molar-refractivity contribution < 1.29 is 19.1 Å². The lowest BCUT2D eigenvalue weighted by molar-refractivity contribution is -0.161. The number of hydrogen-bond donors (Lipinski definition) is 1. The first-order valence-electron chi connectivity index (χ1n) is 7.31. The van der Waals surface area contributed by atoms with Crippen molar-refractivity contribution in [3.8, 4) is 11.8 Å². The highest BCUT2D eigenvalue weighted by Crippen LogP contribution is 2.14. The number of amides is 1. The minimum atomic E-state index is -0.909. The topological polar surface area (TPSA) is 88.4 Å². The SMILES string of the molecule is C[C@H](OC(=O)[C@H](C)Oc1ccc(C#N)cc1)C(=O)NC(C)(C)C. The van der Waals surface area contributed by atoms with Gasteiger partial charge in [0.1, 0.15) is 5.75 Å². The first-order valence-corrected chi connectivity index (χ1v) is 7.31. The molecule has 1 aromatic carbocycles. The molecule has 0 bridgehead atoms. The molecule has 1 amide bonds. The fourth-order valence-corrected chi connectivity index (χ4v) is 1.66. The molecule has 1 rings (SSSR count). The van der Waals surface area contributed by atoms with Crippen LogP contribution in [0.25, 0.3) is 0 Å². The number of nitrogens with one attached hydrogen (secondary N) is 1. The summed E-state index contributed by atoms with van der Waals surface area (Å²) < 4.78 is 10.6. The van der Waals surface area contributed by atoms with E-state index in [-0.39, 0.29) is 5.91 Å². The normalized spacial score (nSPS) is 13.4. The highest BCUT2D eigenvalue weighted by atomic mass is 16.6. The maximum absolute atomic E-state index is 12.0. The summed E-state index contributed by atoms with van der Waals surface area (Å²) in [4.78, 5) is 23.9.